The number of nitrogens with zero attached hydrogens (tertiary/aromatic N) is 1. The molecule has 3 rings (SSSR count). The van der Waals surface area contributed by atoms with E-state index in [1.165, 1.54) is 7.11 Å². The molecule has 0 radical (unpaired) electrons. The van der Waals surface area contributed by atoms with Crippen molar-refractivity contribution in [3.05, 3.63) is 65.7 Å². The Balaban J connectivity index is 1.42. The highest BCUT2D eigenvalue weighted by atomic mass is 16.5. The van der Waals surface area contributed by atoms with Crippen LogP contribution in [-0.4, -0.2) is 49.6 Å². The molecule has 1 saturated heterocycles. The Labute approximate surface area is 175 Å². The number of carbonyl (C=O) groups is 3. The monoisotopic (exact) mass is 411 g/mol. The van der Waals surface area contributed by atoms with Gasteiger partial charge in [-0.2, -0.15) is 0 Å². The van der Waals surface area contributed by atoms with E-state index in [1.54, 1.807) is 29.2 Å². The lowest BCUT2D eigenvalue weighted by molar-refractivity contribution is -0.149. The molecular formula is C23H25NO6. The molecule has 0 saturated carbocycles. The lowest BCUT2D eigenvalue weighted by Gasteiger charge is -2.30. The van der Waals surface area contributed by atoms with Gasteiger partial charge in [0.2, 0.25) is 0 Å². The zero-order chi connectivity index (χ0) is 21.3. The minimum Gasteiger partial charge on any atom is -0.489 e. The van der Waals surface area contributed by atoms with E-state index < -0.39 is 5.97 Å². The van der Waals surface area contributed by atoms with Gasteiger partial charge >= 0.3 is 11.9 Å². The third-order valence-corrected chi connectivity index (χ3v) is 5.05. The Bertz CT molecular complexity index is 857. The maximum Gasteiger partial charge on any atom is 0.338 e. The maximum absolute atomic E-state index is 12.3. The SMILES string of the molecule is COC(=O)C1CCN(C(=O)COC(=O)c2ccc(OCc3ccccc3)cc2)CC1. The predicted molar refractivity (Wildman–Crippen MR) is 109 cm³/mol. The molecule has 0 N–H and O–H groups in total. The number of carbonyl (C=O) groups excluding carboxylic acids is 3. The van der Waals surface area contributed by atoms with E-state index in [1.807, 2.05) is 30.3 Å². The van der Waals surface area contributed by atoms with Gasteiger partial charge in [-0.1, -0.05) is 30.3 Å². The van der Waals surface area contributed by atoms with Gasteiger partial charge in [-0.25, -0.2) is 4.79 Å². The molecule has 158 valence electrons. The largest absolute Gasteiger partial charge is 0.489 e. The molecule has 2 aromatic carbocycles. The highest BCUT2D eigenvalue weighted by molar-refractivity contribution is 5.91. The first-order valence-corrected chi connectivity index (χ1v) is 9.86. The molecule has 2 aromatic rings. The normalized spacial score (nSPS) is 14.1. The lowest BCUT2D eigenvalue weighted by Crippen LogP contribution is -2.42. The average molecular weight is 411 g/mol. The van der Waals surface area contributed by atoms with Crippen LogP contribution in [0.1, 0.15) is 28.8 Å². The van der Waals surface area contributed by atoms with Gasteiger partial charge in [0.25, 0.3) is 5.91 Å². The van der Waals surface area contributed by atoms with Crippen LogP contribution in [0.15, 0.2) is 54.6 Å². The quantitative estimate of drug-likeness (QED) is 0.652. The fourth-order valence-corrected chi connectivity index (χ4v) is 3.26. The second kappa shape index (κ2) is 10.4. The van der Waals surface area contributed by atoms with E-state index in [-0.39, 0.29) is 24.4 Å². The van der Waals surface area contributed by atoms with Crippen LogP contribution in [0.5, 0.6) is 5.75 Å². The first-order valence-electron chi connectivity index (χ1n) is 9.86. The minimum atomic E-state index is -0.567. The predicted octanol–water partition coefficient (Wildman–Crippen LogP) is 2.83. The van der Waals surface area contributed by atoms with Gasteiger partial charge in [0.05, 0.1) is 18.6 Å². The van der Waals surface area contributed by atoms with Crippen molar-refractivity contribution in [3.8, 4) is 5.75 Å². The van der Waals surface area contributed by atoms with E-state index in [4.69, 9.17) is 14.2 Å². The van der Waals surface area contributed by atoms with Gasteiger partial charge < -0.3 is 19.1 Å². The van der Waals surface area contributed by atoms with Crippen molar-refractivity contribution < 1.29 is 28.6 Å². The van der Waals surface area contributed by atoms with Gasteiger partial charge in [-0.05, 0) is 42.7 Å². The van der Waals surface area contributed by atoms with Gasteiger partial charge in [-0.3, -0.25) is 9.59 Å². The average Bonchev–Trinajstić information content (AvgIpc) is 2.81. The number of piperidine rings is 1. The Morgan fingerprint density at radius 2 is 1.63 bits per heavy atom. The van der Waals surface area contributed by atoms with Crippen molar-refractivity contribution in [3.63, 3.8) is 0 Å². The fourth-order valence-electron chi connectivity index (χ4n) is 3.26. The summed E-state index contributed by atoms with van der Waals surface area (Å²) in [5.74, 6) is -0.620. The number of ether oxygens (including phenoxy) is 3. The second-order valence-electron chi connectivity index (χ2n) is 7.05. The molecule has 1 aliphatic heterocycles. The van der Waals surface area contributed by atoms with Crippen LogP contribution in [0.25, 0.3) is 0 Å². The molecule has 30 heavy (non-hydrogen) atoms. The molecule has 1 fully saturated rings. The van der Waals surface area contributed by atoms with Crippen LogP contribution in [0.2, 0.25) is 0 Å². The molecule has 1 amide bonds. The van der Waals surface area contributed by atoms with Crippen LogP contribution >= 0.6 is 0 Å². The lowest BCUT2D eigenvalue weighted by atomic mass is 9.97. The number of hydrogen-bond acceptors (Lipinski definition) is 6. The van der Waals surface area contributed by atoms with Crippen LogP contribution in [0.4, 0.5) is 0 Å². The molecule has 0 aliphatic carbocycles. The minimum absolute atomic E-state index is 0.177. The summed E-state index contributed by atoms with van der Waals surface area (Å²) >= 11 is 0. The smallest absolute Gasteiger partial charge is 0.338 e. The number of esters is 2. The van der Waals surface area contributed by atoms with Crippen molar-refractivity contribution in [1.82, 2.24) is 4.90 Å². The Hall–Kier alpha value is -3.35. The van der Waals surface area contributed by atoms with Crippen LogP contribution in [0.3, 0.4) is 0 Å². The highest BCUT2D eigenvalue weighted by Gasteiger charge is 2.28. The topological polar surface area (TPSA) is 82.1 Å². The van der Waals surface area contributed by atoms with E-state index in [0.717, 1.165) is 5.56 Å². The van der Waals surface area contributed by atoms with Crippen molar-refractivity contribution in [2.24, 2.45) is 5.92 Å². The first kappa shape index (κ1) is 21.4. The van der Waals surface area contributed by atoms with Crippen molar-refractivity contribution in [2.75, 3.05) is 26.8 Å². The number of amides is 1. The number of benzene rings is 2. The number of methoxy groups -OCH3 is 1. The first-order chi connectivity index (χ1) is 14.6. The van der Waals surface area contributed by atoms with E-state index in [9.17, 15) is 14.4 Å². The molecule has 7 heteroatoms. The second-order valence-corrected chi connectivity index (χ2v) is 7.05. The fraction of sp³-hybridized carbons (Fsp3) is 0.348. The van der Waals surface area contributed by atoms with Crippen LogP contribution < -0.4 is 4.74 Å². The maximum atomic E-state index is 12.3. The van der Waals surface area contributed by atoms with Crippen molar-refractivity contribution in [2.45, 2.75) is 19.4 Å². The summed E-state index contributed by atoms with van der Waals surface area (Å²) in [7, 11) is 1.36. The zero-order valence-corrected chi connectivity index (χ0v) is 16.9. The van der Waals surface area contributed by atoms with Crippen molar-refractivity contribution in [1.29, 1.82) is 0 Å². The molecule has 0 unspecified atom stereocenters. The van der Waals surface area contributed by atoms with E-state index in [0.29, 0.717) is 43.9 Å². The summed E-state index contributed by atoms with van der Waals surface area (Å²) < 4.78 is 15.6. The summed E-state index contributed by atoms with van der Waals surface area (Å²) in [6, 6.07) is 16.4. The van der Waals surface area contributed by atoms with Crippen LogP contribution in [0, 0.1) is 5.92 Å². The van der Waals surface area contributed by atoms with Gasteiger partial charge in [-0.15, -0.1) is 0 Å². The zero-order valence-electron chi connectivity index (χ0n) is 16.9. The summed E-state index contributed by atoms with van der Waals surface area (Å²) in [5, 5.41) is 0. The molecule has 7 nitrogen and oxygen atoms in total. The summed E-state index contributed by atoms with van der Waals surface area (Å²) in [6.07, 6.45) is 1.10. The molecule has 0 bridgehead atoms. The Morgan fingerprint density at radius 1 is 0.967 bits per heavy atom. The summed E-state index contributed by atoms with van der Waals surface area (Å²) in [5.41, 5.74) is 1.40. The van der Waals surface area contributed by atoms with Crippen molar-refractivity contribution >= 4 is 17.8 Å². The molecule has 0 atom stereocenters. The molecule has 0 aromatic heterocycles. The van der Waals surface area contributed by atoms with E-state index >= 15 is 0 Å². The standard InChI is InChI=1S/C23H25NO6/c1-28-22(26)19-11-13-24(14-12-19)21(25)16-30-23(27)18-7-9-20(10-8-18)29-15-17-5-3-2-4-6-17/h2-10,19H,11-16H2,1H3. The molecule has 1 heterocycles. The highest BCUT2D eigenvalue weighted by Crippen LogP contribution is 2.19. The third-order valence-electron chi connectivity index (χ3n) is 5.05. The van der Waals surface area contributed by atoms with E-state index in [2.05, 4.69) is 0 Å². The number of likely N-dealkylation sites (tertiary alicyclic amines) is 1. The molecular weight excluding hydrogens is 386 g/mol. The Kier molecular flexibility index (Phi) is 7.43. The van der Waals surface area contributed by atoms with Gasteiger partial charge in [0, 0.05) is 13.1 Å². The summed E-state index contributed by atoms with van der Waals surface area (Å²) in [6.45, 7) is 1.01. The van der Waals surface area contributed by atoms with Gasteiger partial charge in [0.15, 0.2) is 6.61 Å². The van der Waals surface area contributed by atoms with Gasteiger partial charge in [0.1, 0.15) is 12.4 Å². The van der Waals surface area contributed by atoms with Crippen LogP contribution in [-0.2, 0) is 25.7 Å². The molecule has 0 spiro atoms. The number of hydrogen-bond donors (Lipinski definition) is 0. The summed E-state index contributed by atoms with van der Waals surface area (Å²) in [4.78, 5) is 37.6. The third kappa shape index (κ3) is 5.83. The Morgan fingerprint density at radius 3 is 2.27 bits per heavy atom. The number of rotatable bonds is 7. The molecule has 1 aliphatic rings.